The molecule has 1 aromatic carbocycles. The van der Waals surface area contributed by atoms with Gasteiger partial charge in [0.1, 0.15) is 5.54 Å². The fourth-order valence-electron chi connectivity index (χ4n) is 3.83. The Morgan fingerprint density at radius 2 is 1.91 bits per heavy atom. The van der Waals surface area contributed by atoms with Crippen LogP contribution in [0.5, 0.6) is 0 Å². The number of carbonyl (C=O) groups is 1. The lowest BCUT2D eigenvalue weighted by molar-refractivity contribution is -0.137. The first kappa shape index (κ1) is 15.2. The molecular formula is C16H19F3N2O. The predicted molar refractivity (Wildman–Crippen MR) is 78.9 cm³/mol. The molecule has 1 aromatic rings. The zero-order valence-corrected chi connectivity index (χ0v) is 12.5. The second-order valence-corrected chi connectivity index (χ2v) is 5.99. The number of rotatable bonds is 1. The second kappa shape index (κ2) is 5.18. The molecule has 1 amide bonds. The maximum absolute atomic E-state index is 13.4. The zero-order chi connectivity index (χ0) is 16.0. The lowest BCUT2D eigenvalue weighted by atomic mass is 9.77. The molecule has 1 heterocycles. The van der Waals surface area contributed by atoms with Gasteiger partial charge in [-0.3, -0.25) is 4.79 Å². The van der Waals surface area contributed by atoms with E-state index in [2.05, 4.69) is 5.32 Å². The molecule has 0 unspecified atom stereocenters. The van der Waals surface area contributed by atoms with Crippen LogP contribution in [-0.4, -0.2) is 18.0 Å². The average Bonchev–Trinajstić information content (AvgIpc) is 2.48. The lowest BCUT2D eigenvalue weighted by Crippen LogP contribution is -2.61. The maximum Gasteiger partial charge on any atom is 0.418 e. The first-order valence-corrected chi connectivity index (χ1v) is 7.69. The maximum atomic E-state index is 13.4. The van der Waals surface area contributed by atoms with Gasteiger partial charge in [-0.15, -0.1) is 0 Å². The van der Waals surface area contributed by atoms with Crippen molar-refractivity contribution in [3.8, 4) is 0 Å². The minimum Gasteiger partial charge on any atom is -0.355 e. The van der Waals surface area contributed by atoms with E-state index in [4.69, 9.17) is 0 Å². The van der Waals surface area contributed by atoms with Crippen molar-refractivity contribution < 1.29 is 18.0 Å². The van der Waals surface area contributed by atoms with Crippen molar-refractivity contribution in [2.75, 3.05) is 16.8 Å². The van der Waals surface area contributed by atoms with Crippen molar-refractivity contribution in [3.05, 3.63) is 23.8 Å². The molecule has 1 fully saturated rings. The summed E-state index contributed by atoms with van der Waals surface area (Å²) in [5.74, 6) is -0.166. The fraction of sp³-hybridized carbons (Fsp3) is 0.562. The van der Waals surface area contributed by atoms with E-state index in [0.717, 1.165) is 25.3 Å². The molecule has 1 spiro atoms. The number of nitrogens with zero attached hydrogens (tertiary/aromatic N) is 1. The van der Waals surface area contributed by atoms with Crippen LogP contribution in [0, 0.1) is 0 Å². The molecule has 0 bridgehead atoms. The van der Waals surface area contributed by atoms with Crippen LogP contribution in [0.3, 0.4) is 0 Å². The second-order valence-electron chi connectivity index (χ2n) is 5.99. The number of nitrogens with one attached hydrogen (secondary N) is 1. The van der Waals surface area contributed by atoms with Crippen LogP contribution in [-0.2, 0) is 11.0 Å². The van der Waals surface area contributed by atoms with Gasteiger partial charge in [0.05, 0.1) is 16.9 Å². The Morgan fingerprint density at radius 3 is 2.50 bits per heavy atom. The smallest absolute Gasteiger partial charge is 0.355 e. The van der Waals surface area contributed by atoms with Crippen molar-refractivity contribution in [2.45, 2.75) is 50.7 Å². The standard InChI is InChI=1S/C16H19F3N2O/c1-2-21-13-11(16(17,18)19)7-6-8-12(13)20-14(22)15(21)9-4-3-5-10-15/h6-8H,2-5,9-10H2,1H3,(H,20,22). The van der Waals surface area contributed by atoms with Crippen molar-refractivity contribution in [3.63, 3.8) is 0 Å². The van der Waals surface area contributed by atoms with Gasteiger partial charge in [0.15, 0.2) is 0 Å². The van der Waals surface area contributed by atoms with E-state index >= 15 is 0 Å². The summed E-state index contributed by atoms with van der Waals surface area (Å²) in [5.41, 5.74) is -1.12. The largest absolute Gasteiger partial charge is 0.418 e. The first-order chi connectivity index (χ1) is 10.4. The van der Waals surface area contributed by atoms with Gasteiger partial charge in [-0.2, -0.15) is 13.2 Å². The van der Waals surface area contributed by atoms with E-state index in [1.807, 2.05) is 6.92 Å². The summed E-state index contributed by atoms with van der Waals surface area (Å²) in [6.07, 6.45) is -0.450. The first-order valence-electron chi connectivity index (χ1n) is 7.69. The topological polar surface area (TPSA) is 32.3 Å². The highest BCUT2D eigenvalue weighted by atomic mass is 19.4. The number of hydrogen-bond donors (Lipinski definition) is 1. The van der Waals surface area contributed by atoms with Gasteiger partial charge >= 0.3 is 6.18 Å². The molecule has 1 N–H and O–H groups in total. The highest BCUT2D eigenvalue weighted by Gasteiger charge is 2.50. The molecule has 120 valence electrons. The van der Waals surface area contributed by atoms with E-state index in [0.29, 0.717) is 19.4 Å². The number of alkyl halides is 3. The molecule has 0 aromatic heterocycles. The molecule has 3 rings (SSSR count). The number of fused-ring (bicyclic) bond motifs is 1. The van der Waals surface area contributed by atoms with Crippen molar-refractivity contribution in [1.82, 2.24) is 0 Å². The van der Waals surface area contributed by atoms with Crippen LogP contribution in [0.1, 0.15) is 44.6 Å². The Labute approximate surface area is 127 Å². The third-order valence-corrected chi connectivity index (χ3v) is 4.80. The van der Waals surface area contributed by atoms with Gasteiger partial charge < -0.3 is 10.2 Å². The summed E-state index contributed by atoms with van der Waals surface area (Å²) < 4.78 is 40.2. The van der Waals surface area contributed by atoms with Gasteiger partial charge in [0.2, 0.25) is 5.91 Å². The average molecular weight is 312 g/mol. The summed E-state index contributed by atoms with van der Waals surface area (Å²) in [5, 5.41) is 2.72. The third kappa shape index (κ3) is 2.16. The Kier molecular flexibility index (Phi) is 3.57. The zero-order valence-electron chi connectivity index (χ0n) is 12.5. The molecule has 1 saturated carbocycles. The normalized spacial score (nSPS) is 20.7. The number of halogens is 3. The predicted octanol–water partition coefficient (Wildman–Crippen LogP) is 4.19. The molecule has 0 atom stereocenters. The molecule has 22 heavy (non-hydrogen) atoms. The third-order valence-electron chi connectivity index (χ3n) is 4.80. The molecule has 0 radical (unpaired) electrons. The SMILES string of the molecule is CCN1c2c(cccc2C(F)(F)F)NC(=O)C12CCCCC2. The number of hydrogen-bond acceptors (Lipinski definition) is 2. The molecule has 0 saturated heterocycles. The van der Waals surface area contributed by atoms with Gasteiger partial charge in [-0.1, -0.05) is 25.3 Å². The Balaban J connectivity index is 2.18. The highest BCUT2D eigenvalue weighted by Crippen LogP contribution is 2.49. The molecule has 6 heteroatoms. The van der Waals surface area contributed by atoms with Crippen LogP contribution in [0.4, 0.5) is 24.5 Å². The number of para-hydroxylation sites is 1. The van der Waals surface area contributed by atoms with Gasteiger partial charge in [0.25, 0.3) is 0 Å². The summed E-state index contributed by atoms with van der Waals surface area (Å²) in [6.45, 7) is 2.19. The Bertz CT molecular complexity index is 592. The van der Waals surface area contributed by atoms with E-state index in [1.54, 1.807) is 11.0 Å². The minimum atomic E-state index is -4.43. The van der Waals surface area contributed by atoms with Crippen molar-refractivity contribution >= 4 is 17.3 Å². The molecule has 1 aliphatic carbocycles. The monoisotopic (exact) mass is 312 g/mol. The molecule has 3 nitrogen and oxygen atoms in total. The van der Waals surface area contributed by atoms with E-state index in [9.17, 15) is 18.0 Å². The van der Waals surface area contributed by atoms with E-state index in [-0.39, 0.29) is 17.3 Å². The number of amides is 1. The van der Waals surface area contributed by atoms with Crippen LogP contribution in [0.2, 0.25) is 0 Å². The fourth-order valence-corrected chi connectivity index (χ4v) is 3.83. The molecule has 1 aliphatic heterocycles. The Morgan fingerprint density at radius 1 is 1.23 bits per heavy atom. The van der Waals surface area contributed by atoms with Crippen molar-refractivity contribution in [2.24, 2.45) is 0 Å². The Hall–Kier alpha value is -1.72. The molecule has 2 aliphatic rings. The summed E-state index contributed by atoms with van der Waals surface area (Å²) in [4.78, 5) is 14.3. The summed E-state index contributed by atoms with van der Waals surface area (Å²) in [7, 11) is 0. The summed E-state index contributed by atoms with van der Waals surface area (Å²) in [6, 6.07) is 3.98. The van der Waals surface area contributed by atoms with Gasteiger partial charge in [-0.25, -0.2) is 0 Å². The van der Waals surface area contributed by atoms with Crippen molar-refractivity contribution in [1.29, 1.82) is 0 Å². The van der Waals surface area contributed by atoms with Crippen LogP contribution in [0.25, 0.3) is 0 Å². The number of anilines is 2. The number of likely N-dealkylation sites (N-methyl/N-ethyl adjacent to an activating group) is 1. The van der Waals surface area contributed by atoms with Crippen LogP contribution < -0.4 is 10.2 Å². The van der Waals surface area contributed by atoms with Crippen LogP contribution >= 0.6 is 0 Å². The molecular weight excluding hydrogens is 293 g/mol. The van der Waals surface area contributed by atoms with E-state index < -0.39 is 17.3 Å². The quantitative estimate of drug-likeness (QED) is 0.843. The van der Waals surface area contributed by atoms with Gasteiger partial charge in [-0.05, 0) is 31.9 Å². The summed E-state index contributed by atoms with van der Waals surface area (Å²) >= 11 is 0. The van der Waals surface area contributed by atoms with Gasteiger partial charge in [0, 0.05) is 6.54 Å². The lowest BCUT2D eigenvalue weighted by Gasteiger charge is -2.50. The van der Waals surface area contributed by atoms with Crippen LogP contribution in [0.15, 0.2) is 18.2 Å². The minimum absolute atomic E-state index is 0.124. The number of benzene rings is 1. The van der Waals surface area contributed by atoms with E-state index in [1.165, 1.54) is 6.07 Å². The number of carbonyl (C=O) groups excluding carboxylic acids is 1. The highest BCUT2D eigenvalue weighted by molar-refractivity contribution is 6.07.